The van der Waals surface area contributed by atoms with E-state index in [2.05, 4.69) is 15.0 Å². The van der Waals surface area contributed by atoms with Gasteiger partial charge >= 0.3 is 5.69 Å². The van der Waals surface area contributed by atoms with Crippen LogP contribution in [0.25, 0.3) is 22.6 Å². The molecule has 3 N–H and O–H groups in total. The van der Waals surface area contributed by atoms with Crippen LogP contribution in [0.4, 0.5) is 0 Å². The summed E-state index contributed by atoms with van der Waals surface area (Å²) in [6.45, 7) is 0.323. The average Bonchev–Trinajstić information content (AvgIpc) is 2.98. The quantitative estimate of drug-likeness (QED) is 0.589. The number of nitrogens with zero attached hydrogens (tertiary/aromatic N) is 3. The Morgan fingerprint density at radius 2 is 1.65 bits per heavy atom. The zero-order valence-corrected chi connectivity index (χ0v) is 13.7. The molecule has 2 aromatic heterocycles. The van der Waals surface area contributed by atoms with Crippen molar-refractivity contribution < 1.29 is 4.79 Å². The Balaban J connectivity index is 1.96. The molecule has 0 atom stereocenters. The van der Waals surface area contributed by atoms with Gasteiger partial charge in [0.1, 0.15) is 5.52 Å². The summed E-state index contributed by atoms with van der Waals surface area (Å²) in [5.74, 6) is -0.379. The monoisotopic (exact) mass is 345 g/mol. The third-order valence-corrected chi connectivity index (χ3v) is 4.07. The molecule has 0 bridgehead atoms. The van der Waals surface area contributed by atoms with Gasteiger partial charge in [-0.15, -0.1) is 0 Å². The SMILES string of the molecule is NC(=O)c1nc(-c2ccccc2)nc2c1[nH]c(=O)n2Cc1ccccc1. The number of rotatable bonds is 4. The van der Waals surface area contributed by atoms with Gasteiger partial charge in [0, 0.05) is 5.56 Å². The lowest BCUT2D eigenvalue weighted by atomic mass is 10.2. The van der Waals surface area contributed by atoms with E-state index in [1.807, 2.05) is 60.7 Å². The fourth-order valence-electron chi connectivity index (χ4n) is 2.84. The van der Waals surface area contributed by atoms with E-state index in [1.54, 1.807) is 0 Å². The molecular weight excluding hydrogens is 330 g/mol. The van der Waals surface area contributed by atoms with Crippen LogP contribution in [0, 0.1) is 0 Å². The highest BCUT2D eigenvalue weighted by Gasteiger charge is 2.19. The van der Waals surface area contributed by atoms with Crippen LogP contribution in [0.5, 0.6) is 0 Å². The Morgan fingerprint density at radius 3 is 2.31 bits per heavy atom. The van der Waals surface area contributed by atoms with Crippen molar-refractivity contribution in [1.82, 2.24) is 19.5 Å². The fourth-order valence-corrected chi connectivity index (χ4v) is 2.84. The first-order valence-corrected chi connectivity index (χ1v) is 8.03. The van der Waals surface area contributed by atoms with Crippen molar-refractivity contribution in [2.75, 3.05) is 0 Å². The minimum atomic E-state index is -0.720. The summed E-state index contributed by atoms with van der Waals surface area (Å²) in [4.78, 5) is 35.8. The molecule has 7 heteroatoms. The van der Waals surface area contributed by atoms with Gasteiger partial charge in [-0.2, -0.15) is 0 Å². The molecule has 0 radical (unpaired) electrons. The van der Waals surface area contributed by atoms with Gasteiger partial charge in [-0.1, -0.05) is 60.7 Å². The number of carbonyl (C=O) groups excluding carboxylic acids is 1. The first-order chi connectivity index (χ1) is 12.6. The third-order valence-electron chi connectivity index (χ3n) is 4.07. The van der Waals surface area contributed by atoms with Gasteiger partial charge in [-0.3, -0.25) is 9.36 Å². The van der Waals surface area contributed by atoms with E-state index in [9.17, 15) is 9.59 Å². The van der Waals surface area contributed by atoms with Crippen LogP contribution >= 0.6 is 0 Å². The van der Waals surface area contributed by atoms with Gasteiger partial charge in [-0.05, 0) is 5.56 Å². The number of benzene rings is 2. The number of imidazole rings is 1. The lowest BCUT2D eigenvalue weighted by Gasteiger charge is -2.06. The minimum absolute atomic E-state index is 0.00207. The molecule has 4 aromatic rings. The number of H-pyrrole nitrogens is 1. The molecule has 0 unspecified atom stereocenters. The van der Waals surface area contributed by atoms with Crippen LogP contribution in [-0.2, 0) is 6.54 Å². The molecule has 0 aliphatic rings. The molecule has 0 spiro atoms. The van der Waals surface area contributed by atoms with Gasteiger partial charge in [0.2, 0.25) is 0 Å². The van der Waals surface area contributed by atoms with Crippen molar-refractivity contribution in [3.05, 3.63) is 82.4 Å². The van der Waals surface area contributed by atoms with Crippen molar-refractivity contribution in [3.8, 4) is 11.4 Å². The van der Waals surface area contributed by atoms with Crippen LogP contribution in [0.3, 0.4) is 0 Å². The Labute approximate surface area is 148 Å². The number of fused-ring (bicyclic) bond motifs is 1. The van der Waals surface area contributed by atoms with Crippen molar-refractivity contribution in [1.29, 1.82) is 0 Å². The Hall–Kier alpha value is -3.74. The summed E-state index contributed by atoms with van der Waals surface area (Å²) in [5.41, 5.74) is 7.38. The van der Waals surface area contributed by atoms with E-state index in [-0.39, 0.29) is 16.9 Å². The number of aromatic amines is 1. The summed E-state index contributed by atoms with van der Waals surface area (Å²) >= 11 is 0. The molecule has 0 fully saturated rings. The maximum atomic E-state index is 12.5. The second-order valence-corrected chi connectivity index (χ2v) is 5.83. The molecule has 4 rings (SSSR count). The van der Waals surface area contributed by atoms with Crippen LogP contribution in [0.15, 0.2) is 65.5 Å². The van der Waals surface area contributed by atoms with E-state index < -0.39 is 5.91 Å². The highest BCUT2D eigenvalue weighted by atomic mass is 16.2. The topological polar surface area (TPSA) is 107 Å². The maximum Gasteiger partial charge on any atom is 0.328 e. The Morgan fingerprint density at radius 1 is 1.00 bits per heavy atom. The lowest BCUT2D eigenvalue weighted by Crippen LogP contribution is -2.17. The molecule has 1 amide bonds. The van der Waals surface area contributed by atoms with E-state index in [4.69, 9.17) is 5.73 Å². The lowest BCUT2D eigenvalue weighted by molar-refractivity contribution is 0.0997. The molecule has 26 heavy (non-hydrogen) atoms. The number of amides is 1. The van der Waals surface area contributed by atoms with E-state index in [0.29, 0.717) is 18.0 Å². The van der Waals surface area contributed by atoms with Gasteiger partial charge in [0.15, 0.2) is 17.2 Å². The number of hydrogen-bond donors (Lipinski definition) is 2. The highest BCUT2D eigenvalue weighted by Crippen LogP contribution is 2.20. The van der Waals surface area contributed by atoms with E-state index in [1.165, 1.54) is 4.57 Å². The standard InChI is InChI=1S/C19H15N5O2/c20-16(25)14-15-18(23-17(21-14)13-9-5-2-6-10-13)24(19(26)22-15)11-12-7-3-1-4-8-12/h1-10H,11H2,(H2,20,25)(H,22,26). The Kier molecular flexibility index (Phi) is 3.81. The predicted octanol–water partition coefficient (Wildman–Crippen LogP) is 1.93. The van der Waals surface area contributed by atoms with Crippen LogP contribution in [0.1, 0.15) is 16.1 Å². The average molecular weight is 345 g/mol. The van der Waals surface area contributed by atoms with Crippen LogP contribution < -0.4 is 11.4 Å². The number of nitrogens with two attached hydrogens (primary N) is 1. The molecular formula is C19H15N5O2. The maximum absolute atomic E-state index is 12.5. The second-order valence-electron chi connectivity index (χ2n) is 5.83. The normalized spacial score (nSPS) is 10.9. The van der Waals surface area contributed by atoms with Crippen molar-refractivity contribution >= 4 is 17.1 Å². The van der Waals surface area contributed by atoms with Gasteiger partial charge in [0.25, 0.3) is 5.91 Å². The molecule has 0 saturated carbocycles. The largest absolute Gasteiger partial charge is 0.364 e. The third kappa shape index (κ3) is 2.75. The predicted molar refractivity (Wildman–Crippen MR) is 97.6 cm³/mol. The Bertz CT molecular complexity index is 1150. The van der Waals surface area contributed by atoms with Gasteiger partial charge < -0.3 is 10.7 Å². The summed E-state index contributed by atoms with van der Waals surface area (Å²) in [6, 6.07) is 18.8. The number of primary amides is 1. The number of carbonyl (C=O) groups is 1. The molecule has 0 aliphatic heterocycles. The molecule has 0 saturated heterocycles. The molecule has 7 nitrogen and oxygen atoms in total. The van der Waals surface area contributed by atoms with Crippen molar-refractivity contribution in [2.24, 2.45) is 5.73 Å². The van der Waals surface area contributed by atoms with Crippen molar-refractivity contribution in [3.63, 3.8) is 0 Å². The summed E-state index contributed by atoms with van der Waals surface area (Å²) < 4.78 is 1.48. The molecule has 0 aliphatic carbocycles. The smallest absolute Gasteiger partial charge is 0.328 e. The second kappa shape index (κ2) is 6.29. The van der Waals surface area contributed by atoms with Crippen LogP contribution in [0.2, 0.25) is 0 Å². The number of nitrogens with one attached hydrogen (secondary N) is 1. The van der Waals surface area contributed by atoms with E-state index >= 15 is 0 Å². The zero-order valence-electron chi connectivity index (χ0n) is 13.7. The van der Waals surface area contributed by atoms with E-state index in [0.717, 1.165) is 11.1 Å². The molecule has 2 aromatic carbocycles. The number of hydrogen-bond acceptors (Lipinski definition) is 4. The fraction of sp³-hybridized carbons (Fsp3) is 0.0526. The minimum Gasteiger partial charge on any atom is -0.364 e. The highest BCUT2D eigenvalue weighted by molar-refractivity contribution is 6.01. The first kappa shape index (κ1) is 15.8. The van der Waals surface area contributed by atoms with Crippen molar-refractivity contribution in [2.45, 2.75) is 6.54 Å². The first-order valence-electron chi connectivity index (χ1n) is 8.03. The molecule has 2 heterocycles. The summed E-state index contributed by atoms with van der Waals surface area (Å²) in [6.07, 6.45) is 0. The zero-order chi connectivity index (χ0) is 18.1. The van der Waals surface area contributed by atoms with Crippen LogP contribution in [-0.4, -0.2) is 25.4 Å². The summed E-state index contributed by atoms with van der Waals surface area (Å²) in [7, 11) is 0. The van der Waals surface area contributed by atoms with Gasteiger partial charge in [0.05, 0.1) is 6.54 Å². The molecule has 128 valence electrons. The summed E-state index contributed by atoms with van der Waals surface area (Å²) in [5, 5.41) is 0. The van der Waals surface area contributed by atoms with Gasteiger partial charge in [-0.25, -0.2) is 14.8 Å². The number of aromatic nitrogens is 4.